The van der Waals surface area contributed by atoms with Crippen molar-refractivity contribution in [3.63, 3.8) is 0 Å². The van der Waals surface area contributed by atoms with Gasteiger partial charge < -0.3 is 5.32 Å². The molecule has 4 heteroatoms. The summed E-state index contributed by atoms with van der Waals surface area (Å²) in [7, 11) is 0. The normalized spacial score (nSPS) is 11.5. The lowest BCUT2D eigenvalue weighted by Crippen LogP contribution is -2.21. The number of anilines is 1. The summed E-state index contributed by atoms with van der Waals surface area (Å²) in [6, 6.07) is 8.16. The van der Waals surface area contributed by atoms with Gasteiger partial charge in [-0.1, -0.05) is 26.8 Å². The van der Waals surface area contributed by atoms with E-state index >= 15 is 0 Å². The average molecular weight is 299 g/mol. The van der Waals surface area contributed by atoms with Gasteiger partial charge in [-0.25, -0.2) is 4.68 Å². The van der Waals surface area contributed by atoms with E-state index in [0.29, 0.717) is 6.42 Å². The van der Waals surface area contributed by atoms with Crippen molar-refractivity contribution in [3.8, 4) is 5.69 Å². The van der Waals surface area contributed by atoms with Crippen molar-refractivity contribution < 1.29 is 4.79 Å². The second kappa shape index (κ2) is 5.95. The number of carbonyl (C=O) groups is 1. The summed E-state index contributed by atoms with van der Waals surface area (Å²) < 4.78 is 1.80. The van der Waals surface area contributed by atoms with Crippen LogP contribution in [0.4, 0.5) is 5.82 Å². The van der Waals surface area contributed by atoms with Crippen LogP contribution in [0.1, 0.15) is 44.0 Å². The molecule has 1 heterocycles. The van der Waals surface area contributed by atoms with E-state index in [1.165, 1.54) is 11.1 Å². The van der Waals surface area contributed by atoms with Gasteiger partial charge in [-0.2, -0.15) is 5.10 Å². The molecule has 0 aliphatic rings. The van der Waals surface area contributed by atoms with Gasteiger partial charge in [-0.05, 0) is 49.4 Å². The third-order valence-electron chi connectivity index (χ3n) is 3.24. The first-order valence-electron chi connectivity index (χ1n) is 7.59. The zero-order valence-corrected chi connectivity index (χ0v) is 14.3. The molecule has 1 N–H and O–H groups in total. The van der Waals surface area contributed by atoms with E-state index in [0.717, 1.165) is 17.2 Å². The summed E-state index contributed by atoms with van der Waals surface area (Å²) in [5.74, 6) is 0.731. The number of aryl methyl sites for hydroxylation is 3. The van der Waals surface area contributed by atoms with Crippen LogP contribution < -0.4 is 5.32 Å². The third kappa shape index (κ3) is 4.20. The Kier molecular flexibility index (Phi) is 4.40. The molecule has 0 fully saturated rings. The first-order valence-corrected chi connectivity index (χ1v) is 7.59. The molecule has 1 amide bonds. The molecule has 0 unspecified atom stereocenters. The zero-order valence-electron chi connectivity index (χ0n) is 14.3. The maximum atomic E-state index is 12.2. The molecule has 0 bridgehead atoms. The number of hydrogen-bond donors (Lipinski definition) is 1. The van der Waals surface area contributed by atoms with Crippen molar-refractivity contribution in [3.05, 3.63) is 41.1 Å². The number of benzene rings is 1. The first-order chi connectivity index (χ1) is 10.1. The molecule has 22 heavy (non-hydrogen) atoms. The van der Waals surface area contributed by atoms with Gasteiger partial charge in [-0.15, -0.1) is 0 Å². The predicted molar refractivity (Wildman–Crippen MR) is 90.5 cm³/mol. The van der Waals surface area contributed by atoms with E-state index in [2.05, 4.69) is 63.2 Å². The fourth-order valence-corrected chi connectivity index (χ4v) is 2.53. The van der Waals surface area contributed by atoms with E-state index in [9.17, 15) is 4.79 Å². The molecule has 0 aliphatic heterocycles. The molecule has 2 rings (SSSR count). The van der Waals surface area contributed by atoms with Crippen LogP contribution >= 0.6 is 0 Å². The number of aromatic nitrogens is 2. The van der Waals surface area contributed by atoms with Crippen molar-refractivity contribution >= 4 is 11.7 Å². The number of amides is 1. The molecule has 2 aromatic rings. The maximum absolute atomic E-state index is 12.2. The minimum absolute atomic E-state index is 0.0121. The van der Waals surface area contributed by atoms with Crippen molar-refractivity contribution in [2.45, 2.75) is 48.0 Å². The number of nitrogens with zero attached hydrogens (tertiary/aromatic N) is 2. The van der Waals surface area contributed by atoms with Gasteiger partial charge in [-0.3, -0.25) is 4.79 Å². The zero-order chi connectivity index (χ0) is 16.5. The molecule has 0 aliphatic carbocycles. The molecule has 0 saturated heterocycles. The van der Waals surface area contributed by atoms with Crippen LogP contribution in [0.15, 0.2) is 24.3 Å². The number of hydrogen-bond acceptors (Lipinski definition) is 2. The van der Waals surface area contributed by atoms with Gasteiger partial charge >= 0.3 is 0 Å². The summed E-state index contributed by atoms with van der Waals surface area (Å²) in [5, 5.41) is 7.50. The van der Waals surface area contributed by atoms with Gasteiger partial charge in [0.1, 0.15) is 5.82 Å². The molecule has 0 radical (unpaired) electrons. The number of rotatable bonds is 3. The van der Waals surface area contributed by atoms with Gasteiger partial charge in [0.25, 0.3) is 0 Å². The smallest absolute Gasteiger partial charge is 0.226 e. The Balaban J connectivity index is 2.32. The van der Waals surface area contributed by atoms with Crippen molar-refractivity contribution in [1.29, 1.82) is 0 Å². The van der Waals surface area contributed by atoms with Crippen LogP contribution in [0, 0.1) is 26.2 Å². The SMILES string of the molecule is Cc1cc(C)cc(-n2nc(C)cc2NC(=O)CC(C)(C)C)c1. The second-order valence-corrected chi connectivity index (χ2v) is 7.21. The van der Waals surface area contributed by atoms with Gasteiger partial charge in [0, 0.05) is 12.5 Å². The average Bonchev–Trinajstić information content (AvgIpc) is 2.66. The highest BCUT2D eigenvalue weighted by Crippen LogP contribution is 2.22. The Morgan fingerprint density at radius 2 is 1.68 bits per heavy atom. The van der Waals surface area contributed by atoms with Crippen LogP contribution in [0.3, 0.4) is 0 Å². The molecule has 0 atom stereocenters. The quantitative estimate of drug-likeness (QED) is 0.924. The lowest BCUT2D eigenvalue weighted by Gasteiger charge is -2.17. The molecule has 1 aromatic heterocycles. The molecule has 118 valence electrons. The fourth-order valence-electron chi connectivity index (χ4n) is 2.53. The summed E-state index contributed by atoms with van der Waals surface area (Å²) in [6.07, 6.45) is 0.476. The number of carbonyl (C=O) groups excluding carboxylic acids is 1. The van der Waals surface area contributed by atoms with Crippen LogP contribution in [-0.2, 0) is 4.79 Å². The lowest BCUT2D eigenvalue weighted by molar-refractivity contribution is -0.117. The van der Waals surface area contributed by atoms with E-state index in [4.69, 9.17) is 0 Å². The molecule has 0 saturated carbocycles. The molecular formula is C18H25N3O. The minimum atomic E-state index is -0.0378. The highest BCUT2D eigenvalue weighted by atomic mass is 16.1. The number of nitrogens with one attached hydrogen (secondary N) is 1. The second-order valence-electron chi connectivity index (χ2n) is 7.21. The van der Waals surface area contributed by atoms with Crippen molar-refractivity contribution in [1.82, 2.24) is 9.78 Å². The van der Waals surface area contributed by atoms with E-state index in [1.54, 1.807) is 4.68 Å². The van der Waals surface area contributed by atoms with Crippen molar-refractivity contribution in [2.24, 2.45) is 5.41 Å². The van der Waals surface area contributed by atoms with Crippen LogP contribution in [0.5, 0.6) is 0 Å². The lowest BCUT2D eigenvalue weighted by atomic mass is 9.92. The molecule has 1 aromatic carbocycles. The summed E-state index contributed by atoms with van der Waals surface area (Å²) in [5.41, 5.74) is 4.16. The van der Waals surface area contributed by atoms with E-state index in [-0.39, 0.29) is 11.3 Å². The van der Waals surface area contributed by atoms with Gasteiger partial charge in [0.05, 0.1) is 11.4 Å². The van der Waals surface area contributed by atoms with E-state index in [1.807, 2.05) is 13.0 Å². The van der Waals surface area contributed by atoms with Gasteiger partial charge in [0.15, 0.2) is 0 Å². The summed E-state index contributed by atoms with van der Waals surface area (Å²) in [6.45, 7) is 12.2. The third-order valence-corrected chi connectivity index (χ3v) is 3.24. The van der Waals surface area contributed by atoms with E-state index < -0.39 is 0 Å². The predicted octanol–water partition coefficient (Wildman–Crippen LogP) is 4.17. The Hall–Kier alpha value is -2.10. The van der Waals surface area contributed by atoms with Crippen LogP contribution in [0.25, 0.3) is 5.69 Å². The molecule has 4 nitrogen and oxygen atoms in total. The highest BCUT2D eigenvalue weighted by molar-refractivity contribution is 5.90. The molecule has 0 spiro atoms. The Morgan fingerprint density at radius 3 is 2.23 bits per heavy atom. The monoisotopic (exact) mass is 299 g/mol. The van der Waals surface area contributed by atoms with Crippen LogP contribution in [-0.4, -0.2) is 15.7 Å². The van der Waals surface area contributed by atoms with Gasteiger partial charge in [0.2, 0.25) is 5.91 Å². The Morgan fingerprint density at radius 1 is 1.09 bits per heavy atom. The first kappa shape index (κ1) is 16.3. The summed E-state index contributed by atoms with van der Waals surface area (Å²) in [4.78, 5) is 12.2. The van der Waals surface area contributed by atoms with Crippen LogP contribution in [0.2, 0.25) is 0 Å². The molecular weight excluding hydrogens is 274 g/mol. The topological polar surface area (TPSA) is 46.9 Å². The standard InChI is InChI=1S/C18H25N3O/c1-12-7-13(2)9-15(8-12)21-16(10-14(3)20-21)19-17(22)11-18(4,5)6/h7-10H,11H2,1-6H3,(H,19,22). The fraction of sp³-hybridized carbons (Fsp3) is 0.444. The van der Waals surface area contributed by atoms with Crippen molar-refractivity contribution in [2.75, 3.05) is 5.32 Å². The maximum Gasteiger partial charge on any atom is 0.226 e. The minimum Gasteiger partial charge on any atom is -0.311 e. The Bertz CT molecular complexity index is 673. The Labute approximate surface area is 132 Å². The largest absolute Gasteiger partial charge is 0.311 e. The summed E-state index contributed by atoms with van der Waals surface area (Å²) >= 11 is 0. The highest BCUT2D eigenvalue weighted by Gasteiger charge is 2.18.